The van der Waals surface area contributed by atoms with Crippen LogP contribution in [-0.2, 0) is 0 Å². The summed E-state index contributed by atoms with van der Waals surface area (Å²) in [7, 11) is 0. The van der Waals surface area contributed by atoms with E-state index in [-0.39, 0.29) is 6.71 Å². The zero-order chi connectivity index (χ0) is 62.3. The molecule has 4 aromatic heterocycles. The number of ether oxygens (including phenoxy) is 1. The average molecular weight is 1200 g/mol. The van der Waals surface area contributed by atoms with E-state index >= 15 is 0 Å². The first-order chi connectivity index (χ1) is 45.6. The number of hydrogen-bond donors (Lipinski definition) is 0. The normalized spacial score (nSPS) is 12.5. The maximum absolute atomic E-state index is 7.53. The largest absolute Gasteiger partial charge is 0.458 e. The van der Waals surface area contributed by atoms with Gasteiger partial charge in [-0.2, -0.15) is 0 Å². The molecule has 0 aliphatic carbocycles. The third-order valence-electron chi connectivity index (χ3n) is 20.2. The van der Waals surface area contributed by atoms with E-state index in [2.05, 4.69) is 339 Å². The van der Waals surface area contributed by atoms with Crippen molar-refractivity contribution in [2.24, 2.45) is 0 Å². The second kappa shape index (κ2) is 21.3. The average Bonchev–Trinajstić information content (AvgIpc) is 1.78. The zero-order valence-corrected chi connectivity index (χ0v) is 53.1. The summed E-state index contributed by atoms with van der Waals surface area (Å²) >= 11 is 0. The van der Waals surface area contributed by atoms with Crippen molar-refractivity contribution >= 4 is 110 Å². The van der Waals surface area contributed by atoms with Gasteiger partial charge in [0.1, 0.15) is 11.5 Å². The van der Waals surface area contributed by atoms with Gasteiger partial charge in [0.05, 0.1) is 44.1 Å². The van der Waals surface area contributed by atoms with Gasteiger partial charge in [-0.25, -0.2) is 0 Å². The summed E-state index contributed by atoms with van der Waals surface area (Å²) in [4.78, 5) is 0. The molecule has 0 radical (unpaired) electrons. The molecule has 13 aromatic carbocycles. The topological polar surface area (TPSA) is 28.9 Å². The number of benzene rings is 13. The van der Waals surface area contributed by atoms with E-state index in [4.69, 9.17) is 4.74 Å². The van der Waals surface area contributed by atoms with Crippen molar-refractivity contribution in [2.75, 3.05) is 0 Å². The van der Waals surface area contributed by atoms with Crippen LogP contribution in [0, 0.1) is 0 Å². The summed E-state index contributed by atoms with van der Waals surface area (Å²) in [5.41, 5.74) is 26.4. The minimum absolute atomic E-state index is 0.0826. The van der Waals surface area contributed by atoms with Crippen molar-refractivity contribution in [3.05, 3.63) is 296 Å². The fourth-order valence-electron chi connectivity index (χ4n) is 15.8. The van der Waals surface area contributed by atoms with Crippen LogP contribution >= 0.6 is 0 Å². The van der Waals surface area contributed by atoms with Crippen molar-refractivity contribution in [1.29, 1.82) is 0 Å². The molecule has 0 fully saturated rings. The summed E-state index contributed by atoms with van der Waals surface area (Å²) < 4.78 is 17.2. The molecule has 5 nitrogen and oxygen atoms in total. The van der Waals surface area contributed by atoms with Gasteiger partial charge in [0.25, 0.3) is 6.71 Å². The van der Waals surface area contributed by atoms with Gasteiger partial charge in [0.15, 0.2) is 0 Å². The molecule has 0 saturated carbocycles. The highest BCUT2D eigenvalue weighted by Crippen LogP contribution is 2.42. The number of nitrogens with zero attached hydrogens (tertiary/aromatic N) is 4. The molecule has 17 aromatic rings. The molecule has 1 aliphatic heterocycles. The molecule has 6 heteroatoms. The summed E-state index contributed by atoms with van der Waals surface area (Å²) in [5.74, 6) is 2.73. The summed E-state index contributed by atoms with van der Waals surface area (Å²) in [6.07, 6.45) is 0. The molecule has 444 valence electrons. The lowest BCUT2D eigenvalue weighted by atomic mass is 9.34. The Labute approximate surface area is 541 Å². The van der Waals surface area contributed by atoms with Crippen LogP contribution in [0.3, 0.4) is 0 Å². The summed E-state index contributed by atoms with van der Waals surface area (Å²) in [6.45, 7) is 14.0. The van der Waals surface area contributed by atoms with Crippen LogP contribution in [0.4, 0.5) is 0 Å². The fraction of sp³-hybridized carbons (Fsp3) is 0.103. The number of aromatic nitrogens is 4. The van der Waals surface area contributed by atoms with Gasteiger partial charge < -0.3 is 23.0 Å². The Balaban J connectivity index is 0.776. The Hall–Kier alpha value is -11.1. The van der Waals surface area contributed by atoms with Gasteiger partial charge in [0.2, 0.25) is 0 Å². The Morgan fingerprint density at radius 2 is 0.570 bits per heavy atom. The summed E-state index contributed by atoms with van der Waals surface area (Å²) in [6, 6.07) is 104. The van der Waals surface area contributed by atoms with Gasteiger partial charge >= 0.3 is 0 Å². The number of para-hydroxylation sites is 6. The Kier molecular flexibility index (Phi) is 12.5. The van der Waals surface area contributed by atoms with Crippen molar-refractivity contribution in [3.63, 3.8) is 0 Å². The van der Waals surface area contributed by atoms with E-state index in [0.717, 1.165) is 56.3 Å². The zero-order valence-electron chi connectivity index (χ0n) is 53.1. The molecule has 1 aliphatic rings. The Morgan fingerprint density at radius 1 is 0.258 bits per heavy atom. The van der Waals surface area contributed by atoms with E-state index < -0.39 is 0 Å². The predicted octanol–water partition coefficient (Wildman–Crippen LogP) is 21.4. The first-order valence-electron chi connectivity index (χ1n) is 33.0. The van der Waals surface area contributed by atoms with E-state index in [1.165, 1.54) is 120 Å². The standard InChI is InChI=1S/C87H67BN4O/c1-53(2)60-49-71(54(3)4)87(72(50-60)55(5)6)88-75-41-39-63(91-81-35-17-11-29-69(81)73-47-58(37-43-83(73)91)56-21-19-23-61(45-56)89-77-31-13-7-25-65(77)66-26-8-14-32-78(66)89)51-85(75)93-86-52-64(40-42-76(86)88)92-82-36-18-12-30-70(82)74-48-59(38-44-84(74)92)57-22-20-24-62(46-57)90-79-33-15-9-27-67(79)68-28-10-16-34-80(68)90/h7-55H,1-6H3. The van der Waals surface area contributed by atoms with Gasteiger partial charge in [-0.05, 0) is 165 Å². The number of fused-ring (bicyclic) bond motifs is 14. The maximum atomic E-state index is 7.53. The molecule has 0 spiro atoms. The number of rotatable bonds is 10. The van der Waals surface area contributed by atoms with E-state index in [1.54, 1.807) is 0 Å². The van der Waals surface area contributed by atoms with E-state index in [9.17, 15) is 0 Å². The van der Waals surface area contributed by atoms with Crippen molar-refractivity contribution in [1.82, 2.24) is 18.3 Å². The highest BCUT2D eigenvalue weighted by molar-refractivity contribution is 6.97. The molecule has 0 N–H and O–H groups in total. The van der Waals surface area contributed by atoms with Crippen LogP contribution in [0.1, 0.15) is 76.0 Å². The second-order valence-electron chi connectivity index (χ2n) is 26.6. The molecule has 93 heavy (non-hydrogen) atoms. The van der Waals surface area contributed by atoms with Gasteiger partial charge in [-0.3, -0.25) is 0 Å². The first kappa shape index (κ1) is 54.8. The van der Waals surface area contributed by atoms with Crippen molar-refractivity contribution in [3.8, 4) is 56.5 Å². The Morgan fingerprint density at radius 3 is 0.914 bits per heavy atom. The molecule has 5 heterocycles. The molecule has 0 atom stereocenters. The van der Waals surface area contributed by atoms with Crippen LogP contribution in [-0.4, -0.2) is 25.0 Å². The Bertz CT molecular complexity index is 5460. The minimum atomic E-state index is -0.0826. The van der Waals surface area contributed by atoms with Crippen LogP contribution in [0.15, 0.2) is 279 Å². The lowest BCUT2D eigenvalue weighted by Crippen LogP contribution is -2.57. The monoisotopic (exact) mass is 1190 g/mol. The fourth-order valence-corrected chi connectivity index (χ4v) is 15.8. The first-order valence-corrected chi connectivity index (χ1v) is 33.0. The van der Waals surface area contributed by atoms with Crippen molar-refractivity contribution < 1.29 is 4.74 Å². The smallest absolute Gasteiger partial charge is 0.251 e. The van der Waals surface area contributed by atoms with Crippen LogP contribution in [0.25, 0.3) is 132 Å². The van der Waals surface area contributed by atoms with Crippen LogP contribution in [0.5, 0.6) is 11.5 Å². The van der Waals surface area contributed by atoms with Crippen LogP contribution < -0.4 is 21.1 Å². The molecular formula is C87H67BN4O. The second-order valence-corrected chi connectivity index (χ2v) is 26.6. The SMILES string of the molecule is CC(C)c1cc(C(C)C)c(B2c3ccc(-n4c5ccccc5c5cc(-c6cccc(-n7c8ccccc8c8ccccc87)c6)ccc54)cc3Oc3cc(-n4c5ccccc5c5cc(-c6cccc(-n7c8ccccc8c8ccccc87)c6)ccc54)ccc32)c(C(C)C)c1. The lowest BCUT2D eigenvalue weighted by molar-refractivity contribution is 0.487. The quantitative estimate of drug-likeness (QED) is 0.125. The highest BCUT2D eigenvalue weighted by atomic mass is 16.5. The number of hydrogen-bond acceptors (Lipinski definition) is 1. The molecule has 0 bridgehead atoms. The molecular weight excluding hydrogens is 1130 g/mol. The molecule has 18 rings (SSSR count). The third-order valence-corrected chi connectivity index (χ3v) is 20.2. The maximum Gasteiger partial charge on any atom is 0.251 e. The third kappa shape index (κ3) is 8.54. The molecule has 0 amide bonds. The highest BCUT2D eigenvalue weighted by Gasteiger charge is 2.38. The van der Waals surface area contributed by atoms with Crippen molar-refractivity contribution in [2.45, 2.75) is 59.3 Å². The lowest BCUT2D eigenvalue weighted by Gasteiger charge is -2.32. The van der Waals surface area contributed by atoms with Gasteiger partial charge in [-0.15, -0.1) is 0 Å². The van der Waals surface area contributed by atoms with Gasteiger partial charge in [-0.1, -0.05) is 217 Å². The van der Waals surface area contributed by atoms with Crippen LogP contribution in [0.2, 0.25) is 0 Å². The van der Waals surface area contributed by atoms with E-state index in [1.807, 2.05) is 0 Å². The van der Waals surface area contributed by atoms with Gasteiger partial charge in [0, 0.05) is 78.0 Å². The molecule has 0 unspecified atom stereocenters. The molecule has 0 saturated heterocycles. The minimum Gasteiger partial charge on any atom is -0.458 e. The predicted molar refractivity (Wildman–Crippen MR) is 395 cm³/mol. The van der Waals surface area contributed by atoms with E-state index in [0.29, 0.717) is 17.8 Å². The summed E-state index contributed by atoms with van der Waals surface area (Å²) in [5, 5.41) is 9.86.